The summed E-state index contributed by atoms with van der Waals surface area (Å²) in [6, 6.07) is 9.65. The molecule has 6 aliphatic rings. The highest BCUT2D eigenvalue weighted by Gasteiger charge is 2.56. The van der Waals surface area contributed by atoms with E-state index in [1.807, 2.05) is 49.9 Å². The van der Waals surface area contributed by atoms with E-state index in [-0.39, 0.29) is 47.9 Å². The van der Waals surface area contributed by atoms with E-state index in [9.17, 15) is 15.0 Å². The molecule has 0 amide bonds. The van der Waals surface area contributed by atoms with Gasteiger partial charge in [0.15, 0.2) is 23.0 Å². The van der Waals surface area contributed by atoms with E-state index in [4.69, 9.17) is 18.9 Å². The van der Waals surface area contributed by atoms with Gasteiger partial charge in [-0.3, -0.25) is 9.69 Å². The van der Waals surface area contributed by atoms with Gasteiger partial charge in [-0.25, -0.2) is 0 Å². The first-order chi connectivity index (χ1) is 22.6. The number of hydrogen-bond acceptors (Lipinski definition) is 10. The van der Waals surface area contributed by atoms with Crippen LogP contribution in [0.2, 0.25) is 0 Å². The molecular formula is C36H42N3O7S+. The van der Waals surface area contributed by atoms with Crippen molar-refractivity contribution in [3.8, 4) is 34.5 Å². The third kappa shape index (κ3) is 4.61. The van der Waals surface area contributed by atoms with Gasteiger partial charge in [0.05, 0.1) is 50.3 Å². The number of carbonyl (C=O) groups is 1. The van der Waals surface area contributed by atoms with Crippen LogP contribution in [0.4, 0.5) is 0 Å². The van der Waals surface area contributed by atoms with Crippen LogP contribution in [-0.2, 0) is 11.2 Å². The zero-order valence-electron chi connectivity index (χ0n) is 27.5. The lowest BCUT2D eigenvalue weighted by molar-refractivity contribution is -0.941. The molecule has 0 aromatic heterocycles. The number of carbonyl (C=O) groups excluding carboxylic acids is 1. The molecule has 2 bridgehead atoms. The summed E-state index contributed by atoms with van der Waals surface area (Å²) in [7, 11) is 3.96. The minimum Gasteiger partial charge on any atom is -0.508 e. The Morgan fingerprint density at radius 3 is 2.66 bits per heavy atom. The fourth-order valence-corrected chi connectivity index (χ4v) is 10.8. The van der Waals surface area contributed by atoms with Crippen LogP contribution in [0.1, 0.15) is 69.2 Å². The summed E-state index contributed by atoms with van der Waals surface area (Å²) < 4.78 is 25.0. The number of esters is 1. The summed E-state index contributed by atoms with van der Waals surface area (Å²) in [6.45, 7) is 8.71. The summed E-state index contributed by atoms with van der Waals surface area (Å²) in [6.07, 6.45) is 0.874. The van der Waals surface area contributed by atoms with E-state index in [0.29, 0.717) is 23.0 Å². The number of aryl methyl sites for hydroxylation is 1. The Balaban J connectivity index is 1.38. The Labute approximate surface area is 279 Å². The Morgan fingerprint density at radius 2 is 1.87 bits per heavy atom. The van der Waals surface area contributed by atoms with Crippen molar-refractivity contribution >= 4 is 17.7 Å². The van der Waals surface area contributed by atoms with Crippen molar-refractivity contribution in [2.24, 2.45) is 0 Å². The average Bonchev–Trinajstić information content (AvgIpc) is 3.56. The molecule has 3 N–H and O–H groups in total. The number of methoxy groups -OCH3 is 1. The zero-order chi connectivity index (χ0) is 32.8. The van der Waals surface area contributed by atoms with Crippen LogP contribution in [0.15, 0.2) is 30.3 Å². The van der Waals surface area contributed by atoms with E-state index in [1.165, 1.54) is 18.1 Å². The number of fused-ring (bicyclic) bond motifs is 3. The largest absolute Gasteiger partial charge is 0.508 e. The van der Waals surface area contributed by atoms with Gasteiger partial charge in [0.25, 0.3) is 0 Å². The predicted molar refractivity (Wildman–Crippen MR) is 178 cm³/mol. The first-order valence-corrected chi connectivity index (χ1v) is 17.4. The fourth-order valence-electron chi connectivity index (χ4n) is 9.00. The van der Waals surface area contributed by atoms with Crippen molar-refractivity contribution in [2.45, 2.75) is 56.6 Å². The summed E-state index contributed by atoms with van der Waals surface area (Å²) in [4.78, 5) is 15.3. The molecule has 0 saturated carbocycles. The second kappa shape index (κ2) is 11.2. The quantitative estimate of drug-likeness (QED) is 0.202. The maximum Gasteiger partial charge on any atom is 0.308 e. The number of piperazine rings is 1. The molecule has 11 heteroatoms. The van der Waals surface area contributed by atoms with Gasteiger partial charge in [0, 0.05) is 60.3 Å². The molecule has 6 unspecified atom stereocenters. The van der Waals surface area contributed by atoms with Crippen LogP contribution in [0.3, 0.4) is 0 Å². The van der Waals surface area contributed by atoms with Crippen LogP contribution >= 0.6 is 11.8 Å². The molecule has 2 fully saturated rings. The number of phenolic OH excluding ortho intramolecular Hbond substituents is 2. The topological polar surface area (TPSA) is 110 Å². The SMILES string of the molecule is COc1c(C)ccc(C2NCCN3C4C[N+]5(C)CCc6cc(O)ccc6C5CSC(c5c(OC(C)=O)c(C)c6c(c54)OCO6)C23)c1O. The van der Waals surface area contributed by atoms with Gasteiger partial charge < -0.3 is 39.0 Å². The number of thioether (sulfide) groups is 1. The summed E-state index contributed by atoms with van der Waals surface area (Å²) in [5, 5.41) is 25.6. The molecule has 6 aliphatic heterocycles. The molecule has 47 heavy (non-hydrogen) atoms. The van der Waals surface area contributed by atoms with Crippen molar-refractivity contribution in [1.29, 1.82) is 0 Å². The Hall–Kier alpha value is -3.64. The van der Waals surface area contributed by atoms with E-state index < -0.39 is 0 Å². The van der Waals surface area contributed by atoms with Crippen molar-refractivity contribution in [3.63, 3.8) is 0 Å². The predicted octanol–water partition coefficient (Wildman–Crippen LogP) is 4.98. The first-order valence-electron chi connectivity index (χ1n) is 16.4. The smallest absolute Gasteiger partial charge is 0.308 e. The van der Waals surface area contributed by atoms with Crippen molar-refractivity contribution in [1.82, 2.24) is 10.2 Å². The van der Waals surface area contributed by atoms with Crippen LogP contribution in [0.5, 0.6) is 34.5 Å². The van der Waals surface area contributed by atoms with Crippen LogP contribution in [0, 0.1) is 13.8 Å². The third-order valence-corrected chi connectivity index (χ3v) is 12.5. The summed E-state index contributed by atoms with van der Waals surface area (Å²) >= 11 is 1.88. The molecule has 0 spiro atoms. The number of ether oxygens (including phenoxy) is 4. The van der Waals surface area contributed by atoms with Gasteiger partial charge in [-0.1, -0.05) is 12.1 Å². The second-order valence-electron chi connectivity index (χ2n) is 13.8. The lowest BCUT2D eigenvalue weighted by atomic mass is 9.78. The second-order valence-corrected chi connectivity index (χ2v) is 14.9. The number of nitrogens with one attached hydrogen (secondary N) is 1. The highest BCUT2D eigenvalue weighted by molar-refractivity contribution is 7.99. The monoisotopic (exact) mass is 660 g/mol. The molecule has 10 nitrogen and oxygen atoms in total. The van der Waals surface area contributed by atoms with Gasteiger partial charge in [-0.15, -0.1) is 11.8 Å². The molecule has 6 heterocycles. The minimum atomic E-state index is -0.379. The fraction of sp³-hybridized carbons (Fsp3) is 0.472. The summed E-state index contributed by atoms with van der Waals surface area (Å²) in [5.41, 5.74) is 6.96. The van der Waals surface area contributed by atoms with Crippen molar-refractivity contribution in [2.75, 3.05) is 52.9 Å². The van der Waals surface area contributed by atoms with Gasteiger partial charge in [-0.2, -0.15) is 0 Å². The molecule has 6 atom stereocenters. The maximum absolute atomic E-state index is 12.7. The Bertz CT molecular complexity index is 1800. The highest BCUT2D eigenvalue weighted by atomic mass is 32.2. The number of hydrogen-bond donors (Lipinski definition) is 3. The standard InChI is InChI=1S/C36H41N3O7S/c1-18-6-8-24(31(42)32(18)43-5)29-30-36-28-27(35-34(44-17-45-35)19(2)33(28)46-20(3)40)25(38(30)12-11-37-29)15-39(4)13-10-21-14-22(41)7-9-23(21)26(39)16-47-36/h6-9,14,25-26,29-30,36-37H,10-13,15-17H2,1-5H3,(H-,41,42)/p+1. The van der Waals surface area contributed by atoms with Gasteiger partial charge in [0.1, 0.15) is 17.5 Å². The molecule has 0 aliphatic carbocycles. The van der Waals surface area contributed by atoms with Crippen LogP contribution < -0.4 is 24.3 Å². The number of aromatic hydroxyl groups is 2. The van der Waals surface area contributed by atoms with Crippen LogP contribution in [0.25, 0.3) is 0 Å². The molecule has 2 saturated heterocycles. The summed E-state index contributed by atoms with van der Waals surface area (Å²) in [5.74, 6) is 3.34. The highest BCUT2D eigenvalue weighted by Crippen LogP contribution is 2.62. The number of phenols is 2. The Morgan fingerprint density at radius 1 is 1.09 bits per heavy atom. The van der Waals surface area contributed by atoms with Gasteiger partial charge >= 0.3 is 5.97 Å². The third-order valence-electron chi connectivity index (χ3n) is 11.2. The molecule has 9 rings (SSSR count). The Kier molecular flexibility index (Phi) is 7.32. The average molecular weight is 661 g/mol. The minimum absolute atomic E-state index is 0.0828. The van der Waals surface area contributed by atoms with E-state index in [0.717, 1.165) is 76.4 Å². The lowest BCUT2D eigenvalue weighted by Gasteiger charge is -2.54. The lowest BCUT2D eigenvalue weighted by Crippen LogP contribution is -2.61. The van der Waals surface area contributed by atoms with Gasteiger partial charge in [-0.05, 0) is 43.2 Å². The normalized spacial score (nSPS) is 29.0. The maximum atomic E-state index is 12.7. The molecule has 3 aromatic rings. The van der Waals surface area contributed by atoms with E-state index in [2.05, 4.69) is 23.3 Å². The van der Waals surface area contributed by atoms with Crippen molar-refractivity contribution < 1.29 is 38.4 Å². The first kappa shape index (κ1) is 30.7. The molecule has 0 radical (unpaired) electrons. The number of quaternary nitrogens is 1. The van der Waals surface area contributed by atoms with Gasteiger partial charge in [0.2, 0.25) is 6.79 Å². The van der Waals surface area contributed by atoms with E-state index in [1.54, 1.807) is 7.11 Å². The number of rotatable bonds is 3. The zero-order valence-corrected chi connectivity index (χ0v) is 28.3. The number of benzene rings is 3. The molecular weight excluding hydrogens is 618 g/mol. The number of nitrogens with zero attached hydrogens (tertiary/aromatic N) is 2. The molecule has 3 aromatic carbocycles. The number of likely N-dealkylation sites (N-methyl/N-ethyl adjacent to an activating group) is 1. The molecule has 248 valence electrons. The van der Waals surface area contributed by atoms with E-state index >= 15 is 0 Å². The van der Waals surface area contributed by atoms with Crippen LogP contribution in [-0.4, -0.2) is 84.5 Å². The van der Waals surface area contributed by atoms with Crippen molar-refractivity contribution in [3.05, 3.63) is 69.3 Å².